The number of amides is 2. The zero-order valence-corrected chi connectivity index (χ0v) is 14.1. The highest BCUT2D eigenvalue weighted by Gasteiger charge is 2.67. The van der Waals surface area contributed by atoms with Crippen LogP contribution in [0.4, 0.5) is 0 Å². The Hall–Kier alpha value is -2.82. The number of nitrogens with zero attached hydrogens (tertiary/aromatic N) is 1. The maximum absolute atomic E-state index is 12.6. The predicted octanol–water partition coefficient (Wildman–Crippen LogP) is 2.60. The van der Waals surface area contributed by atoms with Gasteiger partial charge < -0.3 is 9.47 Å². The van der Waals surface area contributed by atoms with E-state index in [1.807, 2.05) is 48.5 Å². The standard InChI is InChI=1S/C20H19NO4/c1-24-14-7-3-12(4-8-14)11-21-19(22)17-16(18(17)20(21)23)13-5-9-15(25-2)10-6-13/h3-10,16-18H,11H2,1-2H3/t16?,17-,18+. The molecule has 1 saturated carbocycles. The van der Waals surface area contributed by atoms with Crippen molar-refractivity contribution in [3.63, 3.8) is 0 Å². The fourth-order valence-electron chi connectivity index (χ4n) is 3.70. The molecule has 2 aromatic rings. The molecule has 0 bridgehead atoms. The zero-order chi connectivity index (χ0) is 17.6. The van der Waals surface area contributed by atoms with E-state index >= 15 is 0 Å². The number of methoxy groups -OCH3 is 2. The van der Waals surface area contributed by atoms with E-state index in [-0.39, 0.29) is 29.6 Å². The Kier molecular flexibility index (Phi) is 3.71. The van der Waals surface area contributed by atoms with E-state index in [4.69, 9.17) is 9.47 Å². The molecule has 5 heteroatoms. The van der Waals surface area contributed by atoms with Crippen molar-refractivity contribution in [2.75, 3.05) is 14.2 Å². The summed E-state index contributed by atoms with van der Waals surface area (Å²) in [5, 5.41) is 0. The van der Waals surface area contributed by atoms with Crippen LogP contribution in [0, 0.1) is 11.8 Å². The second kappa shape index (κ2) is 5.92. The molecule has 0 spiro atoms. The van der Waals surface area contributed by atoms with Crippen LogP contribution in [-0.4, -0.2) is 30.9 Å². The summed E-state index contributed by atoms with van der Waals surface area (Å²) in [6.07, 6.45) is 0. The summed E-state index contributed by atoms with van der Waals surface area (Å²) in [6.45, 7) is 0.323. The van der Waals surface area contributed by atoms with Crippen LogP contribution in [0.2, 0.25) is 0 Å². The number of piperidine rings is 1. The van der Waals surface area contributed by atoms with Gasteiger partial charge in [-0.15, -0.1) is 0 Å². The van der Waals surface area contributed by atoms with Gasteiger partial charge in [-0.25, -0.2) is 0 Å². The number of carbonyl (C=O) groups excluding carboxylic acids is 2. The van der Waals surface area contributed by atoms with Crippen LogP contribution < -0.4 is 9.47 Å². The van der Waals surface area contributed by atoms with Crippen LogP contribution in [0.3, 0.4) is 0 Å². The van der Waals surface area contributed by atoms with Gasteiger partial charge in [0, 0.05) is 5.92 Å². The summed E-state index contributed by atoms with van der Waals surface area (Å²) in [5.74, 6) is 0.994. The van der Waals surface area contributed by atoms with Crippen LogP contribution in [0.5, 0.6) is 11.5 Å². The summed E-state index contributed by atoms with van der Waals surface area (Å²) in [4.78, 5) is 26.7. The van der Waals surface area contributed by atoms with E-state index in [1.54, 1.807) is 14.2 Å². The van der Waals surface area contributed by atoms with Gasteiger partial charge in [-0.2, -0.15) is 0 Å². The SMILES string of the molecule is COc1ccc(CN2C(=O)[C@@H]3C(c4ccc(OC)cc4)[C@@H]3C2=O)cc1. The molecule has 2 aliphatic rings. The van der Waals surface area contributed by atoms with E-state index in [1.165, 1.54) is 4.90 Å². The quantitative estimate of drug-likeness (QED) is 0.787. The zero-order valence-electron chi connectivity index (χ0n) is 14.1. The van der Waals surface area contributed by atoms with E-state index in [0.717, 1.165) is 22.6 Å². The Morgan fingerprint density at radius 2 is 1.24 bits per heavy atom. The normalized spacial score (nSPS) is 24.2. The number of hydrogen-bond acceptors (Lipinski definition) is 4. The molecule has 25 heavy (non-hydrogen) atoms. The highest BCUT2D eigenvalue weighted by atomic mass is 16.5. The van der Waals surface area contributed by atoms with Gasteiger partial charge in [0.15, 0.2) is 0 Å². The number of benzene rings is 2. The molecule has 2 amide bonds. The van der Waals surface area contributed by atoms with Gasteiger partial charge in [0.1, 0.15) is 11.5 Å². The third-order valence-electron chi connectivity index (χ3n) is 5.12. The van der Waals surface area contributed by atoms with Crippen LogP contribution in [0.15, 0.2) is 48.5 Å². The van der Waals surface area contributed by atoms with Crippen molar-refractivity contribution in [2.45, 2.75) is 12.5 Å². The van der Waals surface area contributed by atoms with Gasteiger partial charge in [-0.05, 0) is 35.4 Å². The molecule has 0 N–H and O–H groups in total. The van der Waals surface area contributed by atoms with Crippen LogP contribution in [0.1, 0.15) is 17.0 Å². The van der Waals surface area contributed by atoms with Gasteiger partial charge in [0.2, 0.25) is 11.8 Å². The Balaban J connectivity index is 1.47. The predicted molar refractivity (Wildman–Crippen MR) is 91.3 cm³/mol. The summed E-state index contributed by atoms with van der Waals surface area (Å²) in [6, 6.07) is 15.0. The average Bonchev–Trinajstić information content (AvgIpc) is 3.35. The summed E-state index contributed by atoms with van der Waals surface area (Å²) >= 11 is 0. The third-order valence-corrected chi connectivity index (χ3v) is 5.12. The maximum atomic E-state index is 12.6. The first-order valence-corrected chi connectivity index (χ1v) is 8.26. The summed E-state index contributed by atoms with van der Waals surface area (Å²) < 4.78 is 10.3. The van der Waals surface area contributed by atoms with Gasteiger partial charge in [-0.3, -0.25) is 14.5 Å². The summed E-state index contributed by atoms with van der Waals surface area (Å²) in [7, 11) is 3.22. The molecule has 1 saturated heterocycles. The Labute approximate surface area is 146 Å². The van der Waals surface area contributed by atoms with Crippen LogP contribution >= 0.6 is 0 Å². The lowest BCUT2D eigenvalue weighted by Crippen LogP contribution is -2.33. The van der Waals surface area contributed by atoms with Gasteiger partial charge >= 0.3 is 0 Å². The minimum Gasteiger partial charge on any atom is -0.497 e. The third kappa shape index (κ3) is 2.56. The first-order valence-electron chi connectivity index (χ1n) is 8.26. The van der Waals surface area contributed by atoms with Crippen LogP contribution in [0.25, 0.3) is 0 Å². The highest BCUT2D eigenvalue weighted by Crippen LogP contribution is 2.59. The molecule has 5 nitrogen and oxygen atoms in total. The lowest BCUT2D eigenvalue weighted by Gasteiger charge is -2.18. The number of rotatable bonds is 5. The van der Waals surface area contributed by atoms with Crippen molar-refractivity contribution in [3.8, 4) is 11.5 Å². The highest BCUT2D eigenvalue weighted by molar-refractivity contribution is 6.10. The number of ether oxygens (including phenoxy) is 2. The number of carbonyl (C=O) groups is 2. The van der Waals surface area contributed by atoms with E-state index in [9.17, 15) is 9.59 Å². The Morgan fingerprint density at radius 1 is 0.760 bits per heavy atom. The number of hydrogen-bond donors (Lipinski definition) is 0. The average molecular weight is 337 g/mol. The molecule has 0 radical (unpaired) electrons. The summed E-state index contributed by atoms with van der Waals surface area (Å²) in [5.41, 5.74) is 1.95. The van der Waals surface area contributed by atoms with Gasteiger partial charge in [-0.1, -0.05) is 24.3 Å². The Bertz CT molecular complexity index is 791. The molecular formula is C20H19NO4. The molecule has 1 aliphatic heterocycles. The van der Waals surface area contributed by atoms with Crippen molar-refractivity contribution >= 4 is 11.8 Å². The maximum Gasteiger partial charge on any atom is 0.234 e. The molecule has 1 heterocycles. The molecular weight excluding hydrogens is 318 g/mol. The molecule has 1 unspecified atom stereocenters. The van der Waals surface area contributed by atoms with Crippen molar-refractivity contribution < 1.29 is 19.1 Å². The number of likely N-dealkylation sites (tertiary alicyclic amines) is 1. The van der Waals surface area contributed by atoms with E-state index < -0.39 is 0 Å². The van der Waals surface area contributed by atoms with Gasteiger partial charge in [0.05, 0.1) is 32.6 Å². The topological polar surface area (TPSA) is 55.8 Å². The second-order valence-corrected chi connectivity index (χ2v) is 6.46. The van der Waals surface area contributed by atoms with E-state index in [2.05, 4.69) is 0 Å². The van der Waals surface area contributed by atoms with Crippen molar-refractivity contribution in [3.05, 3.63) is 59.7 Å². The lowest BCUT2D eigenvalue weighted by atomic mass is 10.1. The number of imide groups is 1. The fraction of sp³-hybridized carbons (Fsp3) is 0.300. The van der Waals surface area contributed by atoms with Crippen molar-refractivity contribution in [1.29, 1.82) is 0 Å². The second-order valence-electron chi connectivity index (χ2n) is 6.46. The lowest BCUT2D eigenvalue weighted by molar-refractivity contribution is -0.142. The number of fused-ring (bicyclic) bond motifs is 1. The Morgan fingerprint density at radius 3 is 1.72 bits per heavy atom. The molecule has 4 rings (SSSR count). The first kappa shape index (κ1) is 15.7. The molecule has 2 aromatic carbocycles. The largest absolute Gasteiger partial charge is 0.497 e. The molecule has 128 valence electrons. The molecule has 0 aromatic heterocycles. The first-order chi connectivity index (χ1) is 12.1. The molecule has 2 fully saturated rings. The van der Waals surface area contributed by atoms with E-state index in [0.29, 0.717) is 6.54 Å². The van der Waals surface area contributed by atoms with Crippen molar-refractivity contribution in [2.24, 2.45) is 11.8 Å². The molecule has 1 aliphatic carbocycles. The molecule has 3 atom stereocenters. The minimum atomic E-state index is -0.209. The minimum absolute atomic E-state index is 0.0121. The smallest absolute Gasteiger partial charge is 0.234 e. The van der Waals surface area contributed by atoms with Gasteiger partial charge in [0.25, 0.3) is 0 Å². The van der Waals surface area contributed by atoms with Crippen molar-refractivity contribution in [1.82, 2.24) is 4.90 Å². The monoisotopic (exact) mass is 337 g/mol. The van der Waals surface area contributed by atoms with Crippen LogP contribution in [-0.2, 0) is 16.1 Å². The fourth-order valence-corrected chi connectivity index (χ4v) is 3.70.